The Bertz CT molecular complexity index is 4960. The first-order valence-electron chi connectivity index (χ1n) is 47.3. The number of nitrogens with zero attached hydrogens (tertiary/aromatic N) is 1. The number of carboxylic acid groups (broad SMARTS) is 6. The highest BCUT2D eigenvalue weighted by Gasteiger charge is 2.44. The summed E-state index contributed by atoms with van der Waals surface area (Å²) in [6.07, 6.45) is -10.8. The molecule has 1 aliphatic rings. The second-order valence-electron chi connectivity index (χ2n) is 35.2. The maximum Gasteiger partial charge on any atom is 0.326 e. The van der Waals surface area contributed by atoms with Crippen molar-refractivity contribution < 1.29 is 175 Å². The van der Waals surface area contributed by atoms with Crippen LogP contribution in [0.3, 0.4) is 0 Å². The summed E-state index contributed by atoms with van der Waals surface area (Å²) in [7, 11) is 0. The first-order valence-corrected chi connectivity index (χ1v) is 47.9. The molecule has 20 atom stereocenters. The van der Waals surface area contributed by atoms with Gasteiger partial charge in [-0.1, -0.05) is 64.4 Å². The van der Waals surface area contributed by atoms with Crippen LogP contribution >= 0.6 is 12.6 Å². The molecule has 0 spiro atoms. The number of carboxylic acids is 6. The van der Waals surface area contributed by atoms with Crippen molar-refractivity contribution in [1.29, 1.82) is 5.41 Å². The molecule has 62 heteroatoms. The predicted molar refractivity (Wildman–Crippen MR) is 518 cm³/mol. The summed E-state index contributed by atoms with van der Waals surface area (Å²) in [5.74, 6) is -37.1. The molecule has 21 amide bonds. The minimum absolute atomic E-state index is 0.0445. The third kappa shape index (κ3) is 47.9. The molecule has 1 heterocycles. The number of thiol groups is 1. The second kappa shape index (κ2) is 66.6. The number of primary amides is 2. The quantitative estimate of drug-likeness (QED) is 0.0125. The molecule has 1 saturated heterocycles. The van der Waals surface area contributed by atoms with Crippen molar-refractivity contribution in [2.24, 2.45) is 34.8 Å². The molecule has 150 heavy (non-hydrogen) atoms. The number of aliphatic hydroxyl groups is 3. The van der Waals surface area contributed by atoms with Crippen molar-refractivity contribution in [3.05, 3.63) is 35.9 Å². The number of amides is 21. The van der Waals surface area contributed by atoms with Gasteiger partial charge in [0.15, 0.2) is 5.96 Å². The summed E-state index contributed by atoms with van der Waals surface area (Å²) in [6.45, 7) is 5.35. The Morgan fingerprint density at radius 2 is 0.727 bits per heavy atom. The highest BCUT2D eigenvalue weighted by atomic mass is 32.1. The number of likely N-dealkylation sites (tertiary alicyclic amines) is 1. The molecule has 1 aromatic carbocycles. The van der Waals surface area contributed by atoms with E-state index in [1.165, 1.54) is 31.2 Å². The average molecular weight is 2150 g/mol. The number of nitrogens with two attached hydrogens (primary N) is 4. The van der Waals surface area contributed by atoms with Crippen LogP contribution in [0.4, 0.5) is 0 Å². The molecule has 0 unspecified atom stereocenters. The Morgan fingerprint density at radius 3 is 1.11 bits per heavy atom. The number of rotatable bonds is 71. The summed E-state index contributed by atoms with van der Waals surface area (Å²) >= 11 is 4.06. The topological polar surface area (TPSA) is 1000 Å². The molecule has 2 rings (SSSR count). The van der Waals surface area contributed by atoms with Crippen LogP contribution in [0.15, 0.2) is 30.3 Å². The molecule has 1 aromatic rings. The zero-order valence-electron chi connectivity index (χ0n) is 83.1. The number of hydrogen-bond acceptors (Lipinski definition) is 33. The largest absolute Gasteiger partial charge is 0.481 e. The van der Waals surface area contributed by atoms with Gasteiger partial charge in [-0.2, -0.15) is 12.6 Å². The van der Waals surface area contributed by atoms with Gasteiger partial charge in [-0.15, -0.1) is 0 Å². The fraction of sp³-hybridized carbons (Fsp3) is 0.614. The summed E-state index contributed by atoms with van der Waals surface area (Å²) in [4.78, 5) is 361. The van der Waals surface area contributed by atoms with Gasteiger partial charge in [0, 0.05) is 57.4 Å². The van der Waals surface area contributed by atoms with E-state index in [-0.39, 0.29) is 57.5 Å². The van der Waals surface area contributed by atoms with Gasteiger partial charge in [0.2, 0.25) is 124 Å². The SMILES string of the molecule is CC[C@H](C)[C@H](NC(=O)[C@H](C)NC(=O)[C@H](CCC(=O)O)NC(=O)[C@H](CCC(=O)O)NC(=O)[C@H](CC(N)=O)NC(=O)[C@H](CCC(=O)O)NC(=O)[C@H](CC(=O)O)NC(=O)[C@H](C)NC(=O)[C@H](CC(C)C)NC(=O)CN)C(=O)N1CCC[C@H]1C(=O)N[C@@H](CCC(=O)O)C(=O)N[C@@H](Cc1ccccc1)C(=O)N[C@@H](CO)C(=O)N[C@@H](CO)C(=O)N[C@@H](C)C(=O)N[C@@H](CO)C(=O)N[C@@H](CS)C(=O)N[C@@H](CCC(N)=O)C(=O)N[C@@H](CCCNC(=N)N)C(=O)O. The normalized spacial score (nSPS) is 15.8. The van der Waals surface area contributed by atoms with Crippen LogP contribution in [-0.4, -0.2) is 377 Å². The summed E-state index contributed by atoms with van der Waals surface area (Å²) in [6, 6.07) is -26.9. The van der Waals surface area contributed by atoms with E-state index < -0.39 is 402 Å². The van der Waals surface area contributed by atoms with Crippen LogP contribution in [-0.2, 0) is 136 Å². The highest BCUT2D eigenvalue weighted by Crippen LogP contribution is 2.23. The van der Waals surface area contributed by atoms with Crippen molar-refractivity contribution in [1.82, 2.24) is 106 Å². The van der Waals surface area contributed by atoms with E-state index >= 15 is 0 Å². The lowest BCUT2D eigenvalue weighted by Gasteiger charge is -2.33. The molecule has 836 valence electrons. The van der Waals surface area contributed by atoms with Crippen LogP contribution in [0, 0.1) is 17.2 Å². The van der Waals surface area contributed by atoms with Gasteiger partial charge in [0.05, 0.1) is 39.2 Å². The average Bonchev–Trinajstić information content (AvgIpc) is 1.66. The molecule has 1 fully saturated rings. The summed E-state index contributed by atoms with van der Waals surface area (Å²) in [5.41, 5.74) is 21.6. The van der Waals surface area contributed by atoms with E-state index in [0.717, 1.165) is 25.7 Å². The predicted octanol–water partition coefficient (Wildman–Crippen LogP) is -13.6. The third-order valence-electron chi connectivity index (χ3n) is 22.7. The lowest BCUT2D eigenvalue weighted by atomic mass is 9.97. The maximum absolute atomic E-state index is 14.9. The molecule has 1 aliphatic heterocycles. The number of aliphatic carboxylic acids is 6. The van der Waals surface area contributed by atoms with Crippen molar-refractivity contribution >= 4 is 178 Å². The zero-order chi connectivity index (χ0) is 114. The minimum atomic E-state index is -2.24. The Balaban J connectivity index is 2.43. The standard InChI is InChI=1S/C88H137N25O36S/c1-8-40(4)68(112-71(132)43(7)95-72(133)46(19-24-63(120)121)99-73(134)47(20-25-64(122)123)100-79(140)53(32-61(91)118)107-75(136)48(21-26-65(124)125)101-80(141)54(33-67(128)129)105-69(130)41(5)96-77(138)51(30-39(2)3)98-62(119)34-89)86(147)113-29-13-17-59(113)85(146)103-49(22-27-66(126)127)76(137)106-52(31-44-14-10-9-11-15-44)78(139)109-57(37-116)82(143)110-55(35-114)81(142)97-42(6)70(131)108-56(36-115)83(144)111-58(38-150)84(145)102-45(18-23-60(90)117)74(135)104-50(87(148)149)16-12-28-94-88(92)93/h9-11,14-15,39-43,45-59,68,114-116,150H,8,12-13,16-38,89H2,1-7H3,(H2,90,117)(H2,91,118)(H,95,133)(H,96,138)(H,97,142)(H,98,119)(H,99,134)(H,100,140)(H,101,141)(H,102,145)(H,103,146)(H,104,135)(H,105,130)(H,106,137)(H,107,136)(H,108,131)(H,109,139)(H,110,143)(H,111,144)(H,112,132)(H,120,121)(H,122,123)(H,124,125)(H,126,127)(H,128,129)(H,148,149)(H4,92,93,94)/t40-,41-,42-,43-,45-,46-,47-,48-,49-,50-,51-,52-,53-,54-,55-,56-,57-,58-,59-,68-/m0/s1. The molecule has 0 aromatic heterocycles. The monoisotopic (exact) mass is 2150 g/mol. The number of nitrogens with one attached hydrogen (secondary N) is 20. The van der Waals surface area contributed by atoms with Gasteiger partial charge in [-0.3, -0.25) is 130 Å². The first kappa shape index (κ1) is 130. The Hall–Kier alpha value is -15.6. The molecule has 37 N–H and O–H groups in total. The molecule has 0 saturated carbocycles. The fourth-order valence-electron chi connectivity index (χ4n) is 14.2. The van der Waals surface area contributed by atoms with Crippen molar-refractivity contribution in [3.8, 4) is 0 Å². The molecular formula is C88H137N25O36S. The number of aliphatic hydroxyl groups excluding tert-OH is 3. The maximum atomic E-state index is 14.9. The van der Waals surface area contributed by atoms with Gasteiger partial charge in [-0.25, -0.2) is 4.79 Å². The van der Waals surface area contributed by atoms with Gasteiger partial charge >= 0.3 is 35.8 Å². The lowest BCUT2D eigenvalue weighted by Crippen LogP contribution is -2.62. The van der Waals surface area contributed by atoms with E-state index in [4.69, 9.17) is 28.3 Å². The molecule has 61 nitrogen and oxygen atoms in total. The Morgan fingerprint density at radius 1 is 0.387 bits per heavy atom. The van der Waals surface area contributed by atoms with E-state index in [0.29, 0.717) is 5.56 Å². The lowest BCUT2D eigenvalue weighted by molar-refractivity contribution is -0.144. The zero-order valence-corrected chi connectivity index (χ0v) is 84.0. The van der Waals surface area contributed by atoms with Crippen LogP contribution in [0.2, 0.25) is 0 Å². The molecule has 0 bridgehead atoms. The minimum Gasteiger partial charge on any atom is -0.481 e. The van der Waals surface area contributed by atoms with Crippen molar-refractivity contribution in [2.75, 3.05) is 45.2 Å². The molecular weight excluding hydrogens is 2020 g/mol. The third-order valence-corrected chi connectivity index (χ3v) is 23.0. The van der Waals surface area contributed by atoms with Gasteiger partial charge < -0.3 is 175 Å². The van der Waals surface area contributed by atoms with Crippen LogP contribution < -0.4 is 124 Å². The number of guanidine groups is 1. The Kier molecular flexibility index (Phi) is 57.9. The fourth-order valence-corrected chi connectivity index (χ4v) is 14.5. The number of hydrogen-bond donors (Lipinski definition) is 34. The molecule has 0 radical (unpaired) electrons. The van der Waals surface area contributed by atoms with E-state index in [2.05, 4.69) is 108 Å². The van der Waals surface area contributed by atoms with Crippen LogP contribution in [0.25, 0.3) is 0 Å². The van der Waals surface area contributed by atoms with Crippen LogP contribution in [0.1, 0.15) is 170 Å². The number of carbonyl (C=O) groups excluding carboxylic acids is 21. The van der Waals surface area contributed by atoms with Gasteiger partial charge in [0.1, 0.15) is 115 Å². The summed E-state index contributed by atoms with van der Waals surface area (Å²) in [5, 5.41) is 139. The van der Waals surface area contributed by atoms with Gasteiger partial charge in [0.25, 0.3) is 0 Å². The molecule has 0 aliphatic carbocycles. The first-order chi connectivity index (χ1) is 70.3. The number of benzene rings is 1. The van der Waals surface area contributed by atoms with E-state index in [1.54, 1.807) is 26.8 Å². The van der Waals surface area contributed by atoms with Gasteiger partial charge in [-0.05, 0) is 102 Å². The van der Waals surface area contributed by atoms with E-state index in [9.17, 15) is 175 Å². The smallest absolute Gasteiger partial charge is 0.326 e. The highest BCUT2D eigenvalue weighted by molar-refractivity contribution is 7.80. The Labute approximate surface area is 862 Å². The van der Waals surface area contributed by atoms with Crippen molar-refractivity contribution in [2.45, 2.75) is 285 Å². The van der Waals surface area contributed by atoms with Crippen LogP contribution in [0.5, 0.6) is 0 Å². The second-order valence-corrected chi connectivity index (χ2v) is 35.6. The van der Waals surface area contributed by atoms with Crippen molar-refractivity contribution in [3.63, 3.8) is 0 Å². The van der Waals surface area contributed by atoms with E-state index in [1.807, 2.05) is 5.32 Å². The number of carbonyl (C=O) groups is 27. The summed E-state index contributed by atoms with van der Waals surface area (Å²) < 4.78 is 0.